The molecule has 4 aromatic rings. The van der Waals surface area contributed by atoms with E-state index in [1.165, 1.54) is 15.8 Å². The van der Waals surface area contributed by atoms with E-state index < -0.39 is 6.04 Å². The summed E-state index contributed by atoms with van der Waals surface area (Å²) in [5, 5.41) is 11.0. The minimum Gasteiger partial charge on any atom is -0.467 e. The maximum Gasteiger partial charge on any atom is 0.250 e. The fraction of sp³-hybridized carbons (Fsp3) is 0.304. The second kappa shape index (κ2) is 10.1. The third-order valence-corrected chi connectivity index (χ3v) is 5.13. The molecule has 0 spiro atoms. The Hall–Kier alpha value is -3.92. The van der Waals surface area contributed by atoms with Gasteiger partial charge in [-0.1, -0.05) is 17.3 Å². The van der Waals surface area contributed by atoms with Gasteiger partial charge < -0.3 is 23.8 Å². The van der Waals surface area contributed by atoms with Gasteiger partial charge in [0.1, 0.15) is 29.3 Å². The van der Waals surface area contributed by atoms with Crippen molar-refractivity contribution in [2.75, 3.05) is 20.3 Å². The molecule has 0 aliphatic carbocycles. The number of carbonyl (C=O) groups excluding carboxylic acids is 2. The van der Waals surface area contributed by atoms with E-state index in [9.17, 15) is 9.59 Å². The standard InChI is InChI=1S/C23H25N5O5/c1-16-9-10-20(33-16)22(23(30)24-11-13-31-2)27(14-17-6-5-12-32-17)21(29)15-28-19-8-4-3-7-18(19)25-26-28/h3-10,12,22H,11,13-15H2,1-2H3,(H,24,30)/t22-/m0/s1. The van der Waals surface area contributed by atoms with Crippen LogP contribution in [0.1, 0.15) is 23.3 Å². The summed E-state index contributed by atoms with van der Waals surface area (Å²) in [7, 11) is 1.55. The van der Waals surface area contributed by atoms with Gasteiger partial charge in [0.15, 0.2) is 6.04 Å². The lowest BCUT2D eigenvalue weighted by Gasteiger charge is -2.29. The fourth-order valence-electron chi connectivity index (χ4n) is 3.54. The van der Waals surface area contributed by atoms with Crippen LogP contribution in [0.4, 0.5) is 0 Å². The molecule has 0 aliphatic heterocycles. The average molecular weight is 451 g/mol. The van der Waals surface area contributed by atoms with Crippen molar-refractivity contribution < 1.29 is 23.2 Å². The van der Waals surface area contributed by atoms with Crippen LogP contribution < -0.4 is 5.32 Å². The van der Waals surface area contributed by atoms with E-state index in [0.29, 0.717) is 35.9 Å². The maximum absolute atomic E-state index is 13.6. The molecule has 2 amide bonds. The minimum absolute atomic E-state index is 0.0700. The number of ether oxygens (including phenoxy) is 1. The van der Waals surface area contributed by atoms with Crippen molar-refractivity contribution in [1.29, 1.82) is 0 Å². The minimum atomic E-state index is -1.01. The quantitative estimate of drug-likeness (QED) is 0.368. The normalized spacial score (nSPS) is 12.1. The molecule has 3 aromatic heterocycles. The summed E-state index contributed by atoms with van der Waals surface area (Å²) in [5.41, 5.74) is 1.40. The first-order chi connectivity index (χ1) is 16.1. The molecule has 0 bridgehead atoms. The Labute approximate surface area is 190 Å². The van der Waals surface area contributed by atoms with E-state index in [1.54, 1.807) is 38.3 Å². The van der Waals surface area contributed by atoms with Gasteiger partial charge >= 0.3 is 0 Å². The number of hydrogen-bond donors (Lipinski definition) is 1. The number of nitrogens with one attached hydrogen (secondary N) is 1. The van der Waals surface area contributed by atoms with E-state index >= 15 is 0 Å². The van der Waals surface area contributed by atoms with Gasteiger partial charge in [0.2, 0.25) is 5.91 Å². The van der Waals surface area contributed by atoms with Gasteiger partial charge in [-0.05, 0) is 43.3 Å². The summed E-state index contributed by atoms with van der Waals surface area (Å²) in [5.74, 6) is 0.788. The van der Waals surface area contributed by atoms with E-state index in [4.69, 9.17) is 13.6 Å². The number of carbonyl (C=O) groups is 2. The van der Waals surface area contributed by atoms with Crippen molar-refractivity contribution in [2.45, 2.75) is 26.1 Å². The molecule has 33 heavy (non-hydrogen) atoms. The predicted molar refractivity (Wildman–Crippen MR) is 118 cm³/mol. The Morgan fingerprint density at radius 2 is 2.03 bits per heavy atom. The zero-order valence-corrected chi connectivity index (χ0v) is 18.4. The Balaban J connectivity index is 1.67. The van der Waals surface area contributed by atoms with Crippen LogP contribution in [-0.2, 0) is 27.4 Å². The monoisotopic (exact) mass is 451 g/mol. The molecule has 1 atom stereocenters. The zero-order chi connectivity index (χ0) is 23.2. The highest BCUT2D eigenvalue weighted by molar-refractivity contribution is 5.88. The summed E-state index contributed by atoms with van der Waals surface area (Å²) in [4.78, 5) is 28.2. The van der Waals surface area contributed by atoms with Gasteiger partial charge in [0.05, 0.1) is 24.9 Å². The van der Waals surface area contributed by atoms with Crippen LogP contribution in [0.15, 0.2) is 63.6 Å². The number of methoxy groups -OCH3 is 1. The van der Waals surface area contributed by atoms with E-state index in [-0.39, 0.29) is 24.9 Å². The van der Waals surface area contributed by atoms with Gasteiger partial charge in [-0.3, -0.25) is 9.59 Å². The smallest absolute Gasteiger partial charge is 0.250 e. The Morgan fingerprint density at radius 3 is 2.76 bits per heavy atom. The van der Waals surface area contributed by atoms with Gasteiger partial charge in [-0.2, -0.15) is 0 Å². The zero-order valence-electron chi connectivity index (χ0n) is 18.4. The fourth-order valence-corrected chi connectivity index (χ4v) is 3.54. The van der Waals surface area contributed by atoms with Crippen LogP contribution in [0.2, 0.25) is 0 Å². The molecular weight excluding hydrogens is 426 g/mol. The van der Waals surface area contributed by atoms with Crippen LogP contribution in [0.5, 0.6) is 0 Å². The second-order valence-corrected chi connectivity index (χ2v) is 7.47. The lowest BCUT2D eigenvalue weighted by atomic mass is 10.1. The number of fused-ring (bicyclic) bond motifs is 1. The molecule has 0 saturated carbocycles. The average Bonchev–Trinajstić information content (AvgIpc) is 3.56. The number of nitrogens with zero attached hydrogens (tertiary/aromatic N) is 4. The largest absolute Gasteiger partial charge is 0.467 e. The first-order valence-corrected chi connectivity index (χ1v) is 10.5. The van der Waals surface area contributed by atoms with Crippen LogP contribution in [0.25, 0.3) is 11.0 Å². The Kier molecular flexibility index (Phi) is 6.84. The maximum atomic E-state index is 13.6. The van der Waals surface area contributed by atoms with E-state index in [0.717, 1.165) is 5.52 Å². The van der Waals surface area contributed by atoms with Crippen LogP contribution >= 0.6 is 0 Å². The Morgan fingerprint density at radius 1 is 1.18 bits per heavy atom. The molecule has 3 heterocycles. The summed E-state index contributed by atoms with van der Waals surface area (Å²) < 4.78 is 17.8. The lowest BCUT2D eigenvalue weighted by Crippen LogP contribution is -2.45. The van der Waals surface area contributed by atoms with Gasteiger partial charge in [-0.25, -0.2) is 4.68 Å². The summed E-state index contributed by atoms with van der Waals surface area (Å²) >= 11 is 0. The highest BCUT2D eigenvalue weighted by atomic mass is 16.5. The number of rotatable bonds is 10. The number of para-hydroxylation sites is 1. The molecule has 10 heteroatoms. The van der Waals surface area contributed by atoms with Crippen molar-refractivity contribution in [3.8, 4) is 0 Å². The number of aromatic nitrogens is 3. The third-order valence-electron chi connectivity index (χ3n) is 5.13. The van der Waals surface area contributed by atoms with Gasteiger partial charge in [0.25, 0.3) is 5.91 Å². The van der Waals surface area contributed by atoms with Crippen molar-refractivity contribution in [1.82, 2.24) is 25.2 Å². The first kappa shape index (κ1) is 22.3. The Bertz CT molecular complexity index is 1210. The lowest BCUT2D eigenvalue weighted by molar-refractivity contribution is -0.143. The molecule has 0 aliphatic rings. The number of amides is 2. The van der Waals surface area contributed by atoms with Crippen LogP contribution in [-0.4, -0.2) is 52.0 Å². The molecule has 0 radical (unpaired) electrons. The molecule has 0 unspecified atom stereocenters. The van der Waals surface area contributed by atoms with Gasteiger partial charge in [0, 0.05) is 13.7 Å². The molecule has 172 valence electrons. The topological polar surface area (TPSA) is 116 Å². The number of hydrogen-bond acceptors (Lipinski definition) is 7. The molecule has 4 rings (SSSR count). The van der Waals surface area contributed by atoms with E-state index in [2.05, 4.69) is 15.6 Å². The van der Waals surface area contributed by atoms with Crippen LogP contribution in [0, 0.1) is 6.92 Å². The highest BCUT2D eigenvalue weighted by Crippen LogP contribution is 2.26. The molecule has 1 aromatic carbocycles. The molecule has 0 saturated heterocycles. The third kappa shape index (κ3) is 5.12. The number of aryl methyl sites for hydroxylation is 1. The van der Waals surface area contributed by atoms with Gasteiger partial charge in [-0.15, -0.1) is 5.10 Å². The SMILES string of the molecule is COCCNC(=O)[C@H](c1ccc(C)o1)N(Cc1ccco1)C(=O)Cn1nnc2ccccc21. The summed E-state index contributed by atoms with van der Waals surface area (Å²) in [6, 6.07) is 13.3. The second-order valence-electron chi connectivity index (χ2n) is 7.47. The summed E-state index contributed by atoms with van der Waals surface area (Å²) in [6.07, 6.45) is 1.52. The number of benzene rings is 1. The van der Waals surface area contributed by atoms with Crippen molar-refractivity contribution in [3.63, 3.8) is 0 Å². The van der Waals surface area contributed by atoms with Crippen LogP contribution in [0.3, 0.4) is 0 Å². The number of furan rings is 2. The van der Waals surface area contributed by atoms with Crippen molar-refractivity contribution in [2.24, 2.45) is 0 Å². The molecular formula is C23H25N5O5. The highest BCUT2D eigenvalue weighted by Gasteiger charge is 2.34. The van der Waals surface area contributed by atoms with Crippen molar-refractivity contribution in [3.05, 3.63) is 72.1 Å². The predicted octanol–water partition coefficient (Wildman–Crippen LogP) is 2.46. The molecule has 0 fully saturated rings. The van der Waals surface area contributed by atoms with E-state index in [1.807, 2.05) is 24.3 Å². The molecule has 10 nitrogen and oxygen atoms in total. The summed E-state index contributed by atoms with van der Waals surface area (Å²) in [6.45, 7) is 2.38. The van der Waals surface area contributed by atoms with Crippen molar-refractivity contribution >= 4 is 22.8 Å². The first-order valence-electron chi connectivity index (χ1n) is 10.5. The molecule has 1 N–H and O–H groups in total.